The molecule has 0 amide bonds. The van der Waals surface area contributed by atoms with E-state index >= 15 is 0 Å². The summed E-state index contributed by atoms with van der Waals surface area (Å²) in [6.07, 6.45) is 26.0. The van der Waals surface area contributed by atoms with Gasteiger partial charge in [0.1, 0.15) is 0 Å². The molecule has 0 bridgehead atoms. The minimum Gasteiger partial charge on any atom is -0.473 e. The molecule has 0 atom stereocenters. The van der Waals surface area contributed by atoms with Crippen molar-refractivity contribution in [2.45, 2.75) is 117 Å². The summed E-state index contributed by atoms with van der Waals surface area (Å²) in [5, 5.41) is 0. The monoisotopic (exact) mass is 346 g/mol. The Morgan fingerprint density at radius 2 is 1.08 bits per heavy atom. The maximum absolute atomic E-state index is 6.13. The molecular formula is C24H42O. The van der Waals surface area contributed by atoms with E-state index in [-0.39, 0.29) is 0 Å². The van der Waals surface area contributed by atoms with Gasteiger partial charge in [0.05, 0.1) is 12.5 Å². The van der Waals surface area contributed by atoms with Crippen molar-refractivity contribution in [2.24, 2.45) is 11.8 Å². The minimum absolute atomic E-state index is 0.794. The van der Waals surface area contributed by atoms with Gasteiger partial charge >= 0.3 is 0 Å². The third kappa shape index (κ3) is 7.59. The number of unbranched alkanes of at least 4 members (excludes halogenated alkanes) is 2. The van der Waals surface area contributed by atoms with Crippen molar-refractivity contribution < 1.29 is 4.74 Å². The molecule has 0 unspecified atom stereocenters. The van der Waals surface area contributed by atoms with Crippen LogP contribution in [-0.2, 0) is 4.74 Å². The highest BCUT2D eigenvalue weighted by Crippen LogP contribution is 2.34. The van der Waals surface area contributed by atoms with Gasteiger partial charge in [-0.1, -0.05) is 65.2 Å². The number of hydrogen-bond acceptors (Lipinski definition) is 1. The van der Waals surface area contributed by atoms with Crippen molar-refractivity contribution >= 4 is 0 Å². The second-order valence-corrected chi connectivity index (χ2v) is 8.40. The lowest BCUT2D eigenvalue weighted by Gasteiger charge is -2.25. The molecule has 0 heterocycles. The average Bonchev–Trinajstić information content (AvgIpc) is 2.68. The van der Waals surface area contributed by atoms with Gasteiger partial charge in [-0.3, -0.25) is 0 Å². The largest absolute Gasteiger partial charge is 0.473 e. The predicted molar refractivity (Wildman–Crippen MR) is 109 cm³/mol. The Balaban J connectivity index is 1.98. The highest BCUT2D eigenvalue weighted by molar-refractivity contribution is 5.08. The summed E-state index contributed by atoms with van der Waals surface area (Å²) in [6, 6.07) is 0. The Morgan fingerprint density at radius 3 is 1.44 bits per heavy atom. The number of allylic oxidation sites excluding steroid dienone is 2. The topological polar surface area (TPSA) is 9.23 Å². The molecule has 2 saturated carbocycles. The van der Waals surface area contributed by atoms with Crippen molar-refractivity contribution in [2.75, 3.05) is 0 Å². The van der Waals surface area contributed by atoms with Crippen LogP contribution in [0.4, 0.5) is 0 Å². The molecular weight excluding hydrogens is 304 g/mol. The molecule has 2 fully saturated rings. The molecule has 0 radical (unpaired) electrons. The van der Waals surface area contributed by atoms with E-state index in [2.05, 4.69) is 26.4 Å². The summed E-state index contributed by atoms with van der Waals surface area (Å²) in [6.45, 7) is 4.59. The molecule has 0 aromatic heterocycles. The van der Waals surface area contributed by atoms with Gasteiger partial charge in [-0.25, -0.2) is 0 Å². The maximum atomic E-state index is 6.13. The van der Waals surface area contributed by atoms with Gasteiger partial charge in [0.2, 0.25) is 0 Å². The summed E-state index contributed by atoms with van der Waals surface area (Å²) < 4.78 is 6.13. The molecule has 0 aliphatic heterocycles. The van der Waals surface area contributed by atoms with Gasteiger partial charge in [0.15, 0.2) is 0 Å². The molecule has 0 N–H and O–H groups in total. The standard InChI is InChI=1S/C24H42O/c1-3-5-13-23(21-15-9-7-10-16-21)19-25-20-24(14-6-4-2)22-17-11-8-12-18-22/h19-22H,3-18H2,1-2H3. The Labute approximate surface area is 157 Å². The first kappa shape index (κ1) is 20.6. The smallest absolute Gasteiger partial charge is 0.0896 e. The van der Waals surface area contributed by atoms with Gasteiger partial charge < -0.3 is 4.74 Å². The van der Waals surface area contributed by atoms with E-state index in [0.717, 1.165) is 11.8 Å². The summed E-state index contributed by atoms with van der Waals surface area (Å²) in [5.74, 6) is 1.59. The van der Waals surface area contributed by atoms with E-state index in [4.69, 9.17) is 4.74 Å². The van der Waals surface area contributed by atoms with Crippen LogP contribution in [0.25, 0.3) is 0 Å². The summed E-state index contributed by atoms with van der Waals surface area (Å²) in [7, 11) is 0. The lowest BCUT2D eigenvalue weighted by atomic mass is 9.82. The van der Waals surface area contributed by atoms with Crippen LogP contribution >= 0.6 is 0 Å². The fraction of sp³-hybridized carbons (Fsp3) is 0.833. The fourth-order valence-corrected chi connectivity index (χ4v) is 4.64. The highest BCUT2D eigenvalue weighted by Gasteiger charge is 2.19. The SMILES string of the molecule is CCCCC(=COC=C(CCCC)C1CCCCC1)C1CCCCC1. The second kappa shape index (κ2) is 12.6. The Kier molecular flexibility index (Phi) is 10.4. The first-order valence-corrected chi connectivity index (χ1v) is 11.4. The van der Waals surface area contributed by atoms with Crippen LogP contribution in [-0.4, -0.2) is 0 Å². The molecule has 0 saturated heterocycles. The quantitative estimate of drug-likeness (QED) is 0.361. The summed E-state index contributed by atoms with van der Waals surface area (Å²) >= 11 is 0. The minimum atomic E-state index is 0.794. The molecule has 2 aliphatic rings. The molecule has 2 rings (SSSR count). The van der Waals surface area contributed by atoms with Gasteiger partial charge in [-0.2, -0.15) is 0 Å². The molecule has 0 aromatic carbocycles. The second-order valence-electron chi connectivity index (χ2n) is 8.40. The van der Waals surface area contributed by atoms with Gasteiger partial charge in [0.25, 0.3) is 0 Å². The summed E-state index contributed by atoms with van der Waals surface area (Å²) in [5.41, 5.74) is 3.19. The van der Waals surface area contributed by atoms with Crippen LogP contribution in [0.3, 0.4) is 0 Å². The zero-order valence-electron chi connectivity index (χ0n) is 17.0. The van der Waals surface area contributed by atoms with Gasteiger partial charge in [-0.05, 0) is 74.3 Å². The maximum Gasteiger partial charge on any atom is 0.0896 e. The van der Waals surface area contributed by atoms with Gasteiger partial charge in [0, 0.05) is 0 Å². The van der Waals surface area contributed by atoms with Crippen LogP contribution in [0.1, 0.15) is 117 Å². The number of hydrogen-bond donors (Lipinski definition) is 0. The normalized spacial score (nSPS) is 21.5. The van der Waals surface area contributed by atoms with Gasteiger partial charge in [-0.15, -0.1) is 0 Å². The number of ether oxygens (including phenoxy) is 1. The molecule has 1 heteroatoms. The van der Waals surface area contributed by atoms with E-state index in [1.54, 1.807) is 11.1 Å². The zero-order chi connectivity index (χ0) is 17.7. The van der Waals surface area contributed by atoms with Crippen molar-refractivity contribution in [1.29, 1.82) is 0 Å². The van der Waals surface area contributed by atoms with Crippen LogP contribution in [0.15, 0.2) is 23.7 Å². The van der Waals surface area contributed by atoms with Crippen molar-refractivity contribution in [1.82, 2.24) is 0 Å². The van der Waals surface area contributed by atoms with E-state index in [9.17, 15) is 0 Å². The van der Waals surface area contributed by atoms with E-state index in [1.807, 2.05) is 0 Å². The molecule has 25 heavy (non-hydrogen) atoms. The van der Waals surface area contributed by atoms with Crippen molar-refractivity contribution in [3.05, 3.63) is 23.7 Å². The molecule has 0 aromatic rings. The van der Waals surface area contributed by atoms with Crippen molar-refractivity contribution in [3.63, 3.8) is 0 Å². The lowest BCUT2D eigenvalue weighted by Crippen LogP contribution is -2.11. The Morgan fingerprint density at radius 1 is 0.680 bits per heavy atom. The first-order chi connectivity index (χ1) is 12.3. The molecule has 144 valence electrons. The summed E-state index contributed by atoms with van der Waals surface area (Å²) in [4.78, 5) is 0. The predicted octanol–water partition coefficient (Wildman–Crippen LogP) is 8.31. The first-order valence-electron chi connectivity index (χ1n) is 11.4. The lowest BCUT2D eigenvalue weighted by molar-refractivity contribution is 0.334. The van der Waals surface area contributed by atoms with E-state index in [0.29, 0.717) is 0 Å². The molecule has 0 spiro atoms. The Bertz CT molecular complexity index is 356. The fourth-order valence-electron chi connectivity index (χ4n) is 4.64. The van der Waals surface area contributed by atoms with Crippen LogP contribution in [0.5, 0.6) is 0 Å². The van der Waals surface area contributed by atoms with Crippen LogP contribution in [0.2, 0.25) is 0 Å². The molecule has 2 aliphatic carbocycles. The third-order valence-electron chi connectivity index (χ3n) is 6.34. The third-order valence-corrected chi connectivity index (χ3v) is 6.34. The van der Waals surface area contributed by atoms with E-state index in [1.165, 1.54) is 103 Å². The van der Waals surface area contributed by atoms with Crippen molar-refractivity contribution in [3.8, 4) is 0 Å². The number of rotatable bonds is 10. The molecule has 1 nitrogen and oxygen atoms in total. The Hall–Kier alpha value is -0.720. The van der Waals surface area contributed by atoms with Crippen LogP contribution in [0, 0.1) is 11.8 Å². The van der Waals surface area contributed by atoms with Crippen LogP contribution < -0.4 is 0 Å². The zero-order valence-corrected chi connectivity index (χ0v) is 17.0. The highest BCUT2D eigenvalue weighted by atomic mass is 16.5. The van der Waals surface area contributed by atoms with E-state index < -0.39 is 0 Å². The average molecular weight is 347 g/mol.